The topological polar surface area (TPSA) is 52.7 Å². The van der Waals surface area contributed by atoms with Crippen molar-refractivity contribution >= 4 is 6.03 Å². The van der Waals surface area contributed by atoms with Crippen LogP contribution in [0.25, 0.3) is 0 Å². The Kier molecular flexibility index (Phi) is 3.39. The molecular formula is C16H16N4O. The lowest BCUT2D eigenvalue weighted by Gasteiger charge is -2.04. The van der Waals surface area contributed by atoms with E-state index in [1.54, 1.807) is 18.5 Å². The van der Waals surface area contributed by atoms with Crippen molar-refractivity contribution in [2.24, 2.45) is 0 Å². The maximum absolute atomic E-state index is 12.3. The number of aromatic nitrogens is 4. The third-order valence-corrected chi connectivity index (χ3v) is 3.55. The fourth-order valence-electron chi connectivity index (χ4n) is 2.40. The summed E-state index contributed by atoms with van der Waals surface area (Å²) in [6.07, 6.45) is 3.97. The molecule has 2 heterocycles. The molecule has 21 heavy (non-hydrogen) atoms. The van der Waals surface area contributed by atoms with Gasteiger partial charge in [-0.1, -0.05) is 30.3 Å². The van der Waals surface area contributed by atoms with Gasteiger partial charge in [-0.2, -0.15) is 19.6 Å². The molecule has 3 rings (SSSR count). The standard InChI is InChI=1S/C16H16N4O/c1-12-15(11-14-7-4-3-5-8-14)13(2)20(18-12)16(21)19-10-6-9-17-19/h3-10H,11H2,1-2H3. The van der Waals surface area contributed by atoms with Crippen molar-refractivity contribution in [3.8, 4) is 0 Å². The lowest BCUT2D eigenvalue weighted by Crippen LogP contribution is -2.22. The Labute approximate surface area is 122 Å². The van der Waals surface area contributed by atoms with Crippen molar-refractivity contribution in [1.29, 1.82) is 0 Å². The van der Waals surface area contributed by atoms with Crippen LogP contribution in [0.3, 0.4) is 0 Å². The minimum atomic E-state index is -0.264. The largest absolute Gasteiger partial charge is 0.369 e. The number of aryl methyl sites for hydroxylation is 1. The van der Waals surface area contributed by atoms with Crippen LogP contribution in [-0.2, 0) is 6.42 Å². The van der Waals surface area contributed by atoms with Crippen LogP contribution in [0.15, 0.2) is 48.8 Å². The molecule has 5 heteroatoms. The Bertz CT molecular complexity index is 757. The van der Waals surface area contributed by atoms with Crippen molar-refractivity contribution < 1.29 is 4.79 Å². The molecule has 0 fully saturated rings. The number of hydrogen-bond acceptors (Lipinski definition) is 3. The predicted octanol–water partition coefficient (Wildman–Crippen LogP) is 2.80. The SMILES string of the molecule is Cc1nn(C(=O)n2cccn2)c(C)c1Cc1ccccc1. The van der Waals surface area contributed by atoms with E-state index in [0.29, 0.717) is 0 Å². The van der Waals surface area contributed by atoms with Crippen LogP contribution >= 0.6 is 0 Å². The monoisotopic (exact) mass is 280 g/mol. The highest BCUT2D eigenvalue weighted by atomic mass is 16.2. The van der Waals surface area contributed by atoms with Gasteiger partial charge in [0.15, 0.2) is 0 Å². The van der Waals surface area contributed by atoms with E-state index in [9.17, 15) is 4.79 Å². The van der Waals surface area contributed by atoms with E-state index < -0.39 is 0 Å². The molecule has 0 bridgehead atoms. The Hall–Kier alpha value is -2.69. The fraction of sp³-hybridized carbons (Fsp3) is 0.188. The second-order valence-corrected chi connectivity index (χ2v) is 4.96. The fourth-order valence-corrected chi connectivity index (χ4v) is 2.40. The van der Waals surface area contributed by atoms with Crippen LogP contribution < -0.4 is 0 Å². The first-order chi connectivity index (χ1) is 10.2. The van der Waals surface area contributed by atoms with Crippen LogP contribution in [0.4, 0.5) is 4.79 Å². The molecule has 0 atom stereocenters. The molecule has 0 aliphatic heterocycles. The Balaban J connectivity index is 1.95. The highest BCUT2D eigenvalue weighted by Crippen LogP contribution is 2.18. The summed E-state index contributed by atoms with van der Waals surface area (Å²) < 4.78 is 2.70. The second kappa shape index (κ2) is 5.36. The van der Waals surface area contributed by atoms with E-state index in [1.165, 1.54) is 14.9 Å². The van der Waals surface area contributed by atoms with E-state index in [0.717, 1.165) is 23.4 Å². The summed E-state index contributed by atoms with van der Waals surface area (Å²) in [7, 11) is 0. The number of rotatable bonds is 2. The molecule has 1 aromatic carbocycles. The number of hydrogen-bond donors (Lipinski definition) is 0. The van der Waals surface area contributed by atoms with Gasteiger partial charge in [0.1, 0.15) is 0 Å². The molecule has 0 aliphatic carbocycles. The molecule has 0 saturated heterocycles. The average Bonchev–Trinajstić information content (AvgIpc) is 3.12. The second-order valence-electron chi connectivity index (χ2n) is 4.96. The zero-order valence-corrected chi connectivity index (χ0v) is 12.0. The van der Waals surface area contributed by atoms with Gasteiger partial charge in [-0.3, -0.25) is 0 Å². The molecular weight excluding hydrogens is 264 g/mol. The van der Waals surface area contributed by atoms with Crippen molar-refractivity contribution in [1.82, 2.24) is 19.6 Å². The van der Waals surface area contributed by atoms with Crippen molar-refractivity contribution in [2.45, 2.75) is 20.3 Å². The number of benzene rings is 1. The number of nitrogens with zero attached hydrogens (tertiary/aromatic N) is 4. The average molecular weight is 280 g/mol. The summed E-state index contributed by atoms with van der Waals surface area (Å²) in [5, 5.41) is 8.33. The van der Waals surface area contributed by atoms with Gasteiger partial charge < -0.3 is 0 Å². The molecule has 0 N–H and O–H groups in total. The van der Waals surface area contributed by atoms with Crippen LogP contribution in [0.2, 0.25) is 0 Å². The van der Waals surface area contributed by atoms with Gasteiger partial charge in [0.2, 0.25) is 0 Å². The van der Waals surface area contributed by atoms with Crippen molar-refractivity contribution in [3.63, 3.8) is 0 Å². The predicted molar refractivity (Wildman–Crippen MR) is 79.4 cm³/mol. The molecule has 0 saturated carbocycles. The highest BCUT2D eigenvalue weighted by molar-refractivity contribution is 5.78. The zero-order valence-electron chi connectivity index (χ0n) is 12.0. The summed E-state index contributed by atoms with van der Waals surface area (Å²) in [6.45, 7) is 3.85. The Morgan fingerprint density at radius 2 is 1.90 bits per heavy atom. The quantitative estimate of drug-likeness (QED) is 0.725. The maximum Gasteiger partial charge on any atom is 0.369 e. The summed E-state index contributed by atoms with van der Waals surface area (Å²) in [5.74, 6) is 0. The molecule has 0 unspecified atom stereocenters. The van der Waals surface area contributed by atoms with Crippen molar-refractivity contribution in [2.75, 3.05) is 0 Å². The van der Waals surface area contributed by atoms with Crippen LogP contribution in [0.5, 0.6) is 0 Å². The van der Waals surface area contributed by atoms with E-state index >= 15 is 0 Å². The lowest BCUT2D eigenvalue weighted by atomic mass is 10.0. The third-order valence-electron chi connectivity index (χ3n) is 3.55. The van der Waals surface area contributed by atoms with Gasteiger partial charge in [0.25, 0.3) is 0 Å². The molecule has 0 aliphatic rings. The molecule has 106 valence electrons. The summed E-state index contributed by atoms with van der Waals surface area (Å²) in [5.41, 5.74) is 4.02. The minimum Gasteiger partial charge on any atom is -0.244 e. The first-order valence-corrected chi connectivity index (χ1v) is 6.80. The zero-order chi connectivity index (χ0) is 14.8. The van der Waals surface area contributed by atoms with Crippen molar-refractivity contribution in [3.05, 3.63) is 71.3 Å². The molecule has 3 aromatic rings. The lowest BCUT2D eigenvalue weighted by molar-refractivity contribution is 0.237. The van der Waals surface area contributed by atoms with E-state index in [1.807, 2.05) is 32.0 Å². The smallest absolute Gasteiger partial charge is 0.244 e. The first-order valence-electron chi connectivity index (χ1n) is 6.80. The van der Waals surface area contributed by atoms with Gasteiger partial charge in [-0.05, 0) is 25.5 Å². The Morgan fingerprint density at radius 3 is 2.57 bits per heavy atom. The van der Waals surface area contributed by atoms with E-state index in [4.69, 9.17) is 0 Å². The van der Waals surface area contributed by atoms with Crippen LogP contribution in [0.1, 0.15) is 22.5 Å². The highest BCUT2D eigenvalue weighted by Gasteiger charge is 2.18. The molecule has 0 amide bonds. The summed E-state index contributed by atoms with van der Waals surface area (Å²) >= 11 is 0. The normalized spacial score (nSPS) is 10.8. The van der Waals surface area contributed by atoms with Gasteiger partial charge in [-0.15, -0.1) is 0 Å². The first kappa shape index (κ1) is 13.3. The maximum atomic E-state index is 12.3. The minimum absolute atomic E-state index is 0.264. The molecule has 5 nitrogen and oxygen atoms in total. The van der Waals surface area contributed by atoms with Gasteiger partial charge in [0.05, 0.1) is 5.69 Å². The summed E-state index contributed by atoms with van der Waals surface area (Å²) in [6, 6.07) is 11.6. The van der Waals surface area contributed by atoms with Gasteiger partial charge >= 0.3 is 6.03 Å². The molecule has 0 radical (unpaired) electrons. The number of carbonyl (C=O) groups is 1. The van der Waals surface area contributed by atoms with Crippen LogP contribution in [0, 0.1) is 13.8 Å². The summed E-state index contributed by atoms with van der Waals surface area (Å²) in [4.78, 5) is 12.3. The van der Waals surface area contributed by atoms with Crippen LogP contribution in [-0.4, -0.2) is 25.6 Å². The third kappa shape index (κ3) is 2.50. The van der Waals surface area contributed by atoms with E-state index in [2.05, 4.69) is 22.3 Å². The van der Waals surface area contributed by atoms with E-state index in [-0.39, 0.29) is 6.03 Å². The molecule has 0 spiro atoms. The molecule has 2 aromatic heterocycles. The van der Waals surface area contributed by atoms with Gasteiger partial charge in [-0.25, -0.2) is 4.79 Å². The van der Waals surface area contributed by atoms with Gasteiger partial charge in [0, 0.05) is 30.1 Å². The Morgan fingerprint density at radius 1 is 1.14 bits per heavy atom. The number of carbonyl (C=O) groups excluding carboxylic acids is 1.